The largest absolute Gasteiger partial charge is 0.325 e. The zero-order valence-corrected chi connectivity index (χ0v) is 14.8. The molecule has 20 heavy (non-hydrogen) atoms. The van der Waals surface area contributed by atoms with Crippen molar-refractivity contribution in [2.75, 3.05) is 0 Å². The molecule has 0 aliphatic heterocycles. The SMILES string of the molecule is CCCCCCCCCCCCC(C)C(N)(CC)CC. The van der Waals surface area contributed by atoms with E-state index in [0.717, 1.165) is 12.8 Å². The monoisotopic (exact) mass is 283 g/mol. The van der Waals surface area contributed by atoms with Gasteiger partial charge < -0.3 is 5.73 Å². The van der Waals surface area contributed by atoms with Crippen molar-refractivity contribution < 1.29 is 0 Å². The number of unbranched alkanes of at least 4 members (excludes halogenated alkanes) is 9. The van der Waals surface area contributed by atoms with Crippen molar-refractivity contribution in [3.8, 4) is 0 Å². The average molecular weight is 284 g/mol. The van der Waals surface area contributed by atoms with Gasteiger partial charge in [-0.1, -0.05) is 91.9 Å². The molecule has 0 aromatic rings. The molecule has 0 spiro atoms. The minimum atomic E-state index is 0.0826. The molecule has 0 rings (SSSR count). The molecule has 0 saturated carbocycles. The van der Waals surface area contributed by atoms with Crippen molar-refractivity contribution in [1.29, 1.82) is 0 Å². The first-order valence-corrected chi connectivity index (χ1v) is 9.39. The first kappa shape index (κ1) is 20.0. The summed E-state index contributed by atoms with van der Waals surface area (Å²) in [6, 6.07) is 0. The second kappa shape index (κ2) is 12.7. The van der Waals surface area contributed by atoms with E-state index in [2.05, 4.69) is 27.7 Å². The fraction of sp³-hybridized carbons (Fsp3) is 1.00. The van der Waals surface area contributed by atoms with E-state index in [1.165, 1.54) is 70.6 Å². The van der Waals surface area contributed by atoms with E-state index in [-0.39, 0.29) is 5.54 Å². The van der Waals surface area contributed by atoms with E-state index in [1.807, 2.05) is 0 Å². The molecule has 0 aliphatic carbocycles. The van der Waals surface area contributed by atoms with Crippen molar-refractivity contribution >= 4 is 0 Å². The van der Waals surface area contributed by atoms with Gasteiger partial charge in [-0.2, -0.15) is 0 Å². The molecule has 0 bridgehead atoms. The lowest BCUT2D eigenvalue weighted by Crippen LogP contribution is -2.44. The van der Waals surface area contributed by atoms with Crippen LogP contribution < -0.4 is 5.73 Å². The van der Waals surface area contributed by atoms with Gasteiger partial charge in [-0.15, -0.1) is 0 Å². The molecule has 0 saturated heterocycles. The van der Waals surface area contributed by atoms with Crippen LogP contribution in [0.25, 0.3) is 0 Å². The summed E-state index contributed by atoms with van der Waals surface area (Å²) in [7, 11) is 0. The molecule has 0 aliphatic rings. The summed E-state index contributed by atoms with van der Waals surface area (Å²) in [6.07, 6.45) is 17.8. The number of hydrogen-bond acceptors (Lipinski definition) is 1. The Morgan fingerprint density at radius 1 is 0.700 bits per heavy atom. The van der Waals surface area contributed by atoms with E-state index < -0.39 is 0 Å². The summed E-state index contributed by atoms with van der Waals surface area (Å²) in [5.74, 6) is 0.673. The minimum Gasteiger partial charge on any atom is -0.325 e. The van der Waals surface area contributed by atoms with Gasteiger partial charge >= 0.3 is 0 Å². The Morgan fingerprint density at radius 3 is 1.50 bits per heavy atom. The maximum Gasteiger partial charge on any atom is 0.0174 e. The molecule has 122 valence electrons. The molecule has 1 atom stereocenters. The molecule has 1 nitrogen and oxygen atoms in total. The highest BCUT2D eigenvalue weighted by atomic mass is 14.7. The maximum atomic E-state index is 6.46. The van der Waals surface area contributed by atoms with Crippen LogP contribution in [0.15, 0.2) is 0 Å². The lowest BCUT2D eigenvalue weighted by molar-refractivity contribution is 0.250. The van der Waals surface area contributed by atoms with Crippen molar-refractivity contribution in [2.24, 2.45) is 11.7 Å². The van der Waals surface area contributed by atoms with Crippen LogP contribution in [0.2, 0.25) is 0 Å². The van der Waals surface area contributed by atoms with Crippen LogP contribution in [0.1, 0.15) is 111 Å². The van der Waals surface area contributed by atoms with Gasteiger partial charge in [0.25, 0.3) is 0 Å². The van der Waals surface area contributed by atoms with E-state index in [0.29, 0.717) is 5.92 Å². The Bertz CT molecular complexity index is 196. The summed E-state index contributed by atoms with van der Waals surface area (Å²) in [6.45, 7) is 9.10. The third kappa shape index (κ3) is 9.00. The quantitative estimate of drug-likeness (QED) is 0.364. The van der Waals surface area contributed by atoms with Crippen molar-refractivity contribution in [2.45, 2.75) is 117 Å². The van der Waals surface area contributed by atoms with Gasteiger partial charge in [0.1, 0.15) is 0 Å². The lowest BCUT2D eigenvalue weighted by atomic mass is 9.78. The predicted molar refractivity (Wildman–Crippen MR) is 93.1 cm³/mol. The van der Waals surface area contributed by atoms with Crippen LogP contribution in [0.3, 0.4) is 0 Å². The Labute approximate surface area is 129 Å². The van der Waals surface area contributed by atoms with Gasteiger partial charge in [-0.3, -0.25) is 0 Å². The molecule has 0 heterocycles. The molecular formula is C19H41N. The minimum absolute atomic E-state index is 0.0826. The zero-order chi connectivity index (χ0) is 15.3. The fourth-order valence-electron chi connectivity index (χ4n) is 3.17. The maximum absolute atomic E-state index is 6.46. The molecule has 0 aromatic heterocycles. The Balaban J connectivity index is 3.40. The molecule has 0 fully saturated rings. The second-order valence-electron chi connectivity index (χ2n) is 6.81. The van der Waals surface area contributed by atoms with Crippen LogP contribution in [-0.2, 0) is 0 Å². The lowest BCUT2D eigenvalue weighted by Gasteiger charge is -2.33. The highest BCUT2D eigenvalue weighted by Gasteiger charge is 2.27. The van der Waals surface area contributed by atoms with Crippen molar-refractivity contribution in [3.05, 3.63) is 0 Å². The van der Waals surface area contributed by atoms with Crippen LogP contribution in [0.5, 0.6) is 0 Å². The Morgan fingerprint density at radius 2 is 1.10 bits per heavy atom. The van der Waals surface area contributed by atoms with Gasteiger partial charge in [0, 0.05) is 5.54 Å². The van der Waals surface area contributed by atoms with E-state index >= 15 is 0 Å². The average Bonchev–Trinajstić information content (AvgIpc) is 2.48. The number of nitrogens with two attached hydrogens (primary N) is 1. The van der Waals surface area contributed by atoms with Crippen LogP contribution in [-0.4, -0.2) is 5.54 Å². The Kier molecular flexibility index (Phi) is 12.7. The summed E-state index contributed by atoms with van der Waals surface area (Å²) in [4.78, 5) is 0. The topological polar surface area (TPSA) is 26.0 Å². The van der Waals surface area contributed by atoms with E-state index in [4.69, 9.17) is 5.73 Å². The molecule has 0 radical (unpaired) electrons. The zero-order valence-electron chi connectivity index (χ0n) is 14.8. The smallest absolute Gasteiger partial charge is 0.0174 e. The van der Waals surface area contributed by atoms with Crippen molar-refractivity contribution in [3.63, 3.8) is 0 Å². The fourth-order valence-corrected chi connectivity index (χ4v) is 3.17. The molecule has 0 aromatic carbocycles. The first-order chi connectivity index (χ1) is 9.60. The third-order valence-electron chi connectivity index (χ3n) is 5.29. The third-order valence-corrected chi connectivity index (χ3v) is 5.29. The van der Waals surface area contributed by atoms with Crippen LogP contribution in [0, 0.1) is 5.92 Å². The summed E-state index contributed by atoms with van der Waals surface area (Å²) >= 11 is 0. The van der Waals surface area contributed by atoms with Crippen LogP contribution >= 0.6 is 0 Å². The molecule has 1 heteroatoms. The predicted octanol–water partition coefficient (Wildman–Crippen LogP) is 6.45. The summed E-state index contributed by atoms with van der Waals surface area (Å²) < 4.78 is 0. The van der Waals surface area contributed by atoms with Gasteiger partial charge in [-0.05, 0) is 25.2 Å². The van der Waals surface area contributed by atoms with E-state index in [9.17, 15) is 0 Å². The van der Waals surface area contributed by atoms with Gasteiger partial charge in [0.15, 0.2) is 0 Å². The van der Waals surface area contributed by atoms with Gasteiger partial charge in [-0.25, -0.2) is 0 Å². The summed E-state index contributed by atoms with van der Waals surface area (Å²) in [5, 5.41) is 0. The van der Waals surface area contributed by atoms with Crippen molar-refractivity contribution in [1.82, 2.24) is 0 Å². The standard InChI is InChI=1S/C19H41N/c1-5-8-9-10-11-12-13-14-15-16-17-18(4)19(20,6-2)7-3/h18H,5-17,20H2,1-4H3. The van der Waals surface area contributed by atoms with Gasteiger partial charge in [0.05, 0.1) is 0 Å². The highest BCUT2D eigenvalue weighted by molar-refractivity contribution is 4.86. The number of rotatable bonds is 14. The van der Waals surface area contributed by atoms with Crippen LogP contribution in [0.4, 0.5) is 0 Å². The Hall–Kier alpha value is -0.0400. The highest BCUT2D eigenvalue weighted by Crippen LogP contribution is 2.27. The molecular weight excluding hydrogens is 242 g/mol. The van der Waals surface area contributed by atoms with Gasteiger partial charge in [0.2, 0.25) is 0 Å². The normalized spacial score (nSPS) is 13.7. The number of hydrogen-bond donors (Lipinski definition) is 1. The summed E-state index contributed by atoms with van der Waals surface area (Å²) in [5.41, 5.74) is 6.54. The second-order valence-corrected chi connectivity index (χ2v) is 6.81. The molecule has 0 amide bonds. The molecule has 2 N–H and O–H groups in total. The van der Waals surface area contributed by atoms with E-state index in [1.54, 1.807) is 0 Å². The molecule has 1 unspecified atom stereocenters. The first-order valence-electron chi connectivity index (χ1n) is 9.39.